The van der Waals surface area contributed by atoms with Gasteiger partial charge in [-0.05, 0) is 147 Å². The minimum absolute atomic E-state index is 0.0458. The maximum atomic E-state index is 13.7. The lowest BCUT2D eigenvalue weighted by molar-refractivity contribution is -0.119. The van der Waals surface area contributed by atoms with Crippen LogP contribution in [0.5, 0.6) is 0 Å². The van der Waals surface area contributed by atoms with E-state index in [9.17, 15) is 28.8 Å². The molecule has 0 radical (unpaired) electrons. The molecule has 0 aromatic heterocycles. The van der Waals surface area contributed by atoms with Gasteiger partial charge in [0.2, 0.25) is 17.7 Å². The molecular weight excluding hydrogens is 1000 g/mol. The Labute approximate surface area is 461 Å². The average molecular weight is 1080 g/mol. The summed E-state index contributed by atoms with van der Waals surface area (Å²) in [6.45, 7) is 1.45. The number of hydrogen-bond acceptors (Lipinski definition) is 12. The highest BCUT2D eigenvalue weighted by atomic mass is 16.6. The van der Waals surface area contributed by atoms with Crippen LogP contribution in [-0.2, 0) is 48.4 Å². The van der Waals surface area contributed by atoms with Gasteiger partial charge in [-0.15, -0.1) is 0 Å². The topological polar surface area (TPSA) is 280 Å². The SMILES string of the molecule is NCCCC[C@@H](NC(=O)OCc1ccccc1)C(=O)Nc1ccc(C(c2ccc(NC(=O)[C@@H](CCCCN)NC(=O)OCc3ccccc3)cc2)c2ccc(NC(=O)[C@@H](CCCCN)NC(=O)OCc3ccccc3)cc2)cc1. The minimum atomic E-state index is -0.892. The van der Waals surface area contributed by atoms with Crippen LogP contribution in [0, 0.1) is 0 Å². The molecule has 6 aromatic rings. The molecule has 0 fully saturated rings. The molecule has 6 amide bonds. The zero-order valence-corrected chi connectivity index (χ0v) is 44.4. The molecule has 0 unspecified atom stereocenters. The summed E-state index contributed by atoms with van der Waals surface area (Å²) in [4.78, 5) is 79.9. The Hall–Kier alpha value is -8.58. The second-order valence-corrected chi connectivity index (χ2v) is 18.9. The van der Waals surface area contributed by atoms with Crippen molar-refractivity contribution in [3.05, 3.63) is 197 Å². The molecule has 0 bridgehead atoms. The summed E-state index contributed by atoms with van der Waals surface area (Å²) in [7, 11) is 0. The third kappa shape index (κ3) is 20.7. The number of benzene rings is 6. The van der Waals surface area contributed by atoms with Crippen molar-refractivity contribution in [3.8, 4) is 0 Å². The highest BCUT2D eigenvalue weighted by Gasteiger charge is 2.26. The van der Waals surface area contributed by atoms with Crippen molar-refractivity contribution in [2.75, 3.05) is 35.6 Å². The molecule has 0 spiro atoms. The minimum Gasteiger partial charge on any atom is -0.445 e. The quantitative estimate of drug-likeness (QED) is 0.0116. The number of unbranched alkanes of at least 4 members (excludes halogenated alkanes) is 3. The number of amides is 6. The number of ether oxygens (including phenoxy) is 3. The van der Waals surface area contributed by atoms with E-state index in [1.54, 1.807) is 36.4 Å². The first kappa shape index (κ1) is 59.7. The predicted molar refractivity (Wildman–Crippen MR) is 306 cm³/mol. The summed E-state index contributed by atoms with van der Waals surface area (Å²) < 4.78 is 16.3. The molecule has 3 atom stereocenters. The number of rotatable bonds is 30. The highest BCUT2D eigenvalue weighted by molar-refractivity contribution is 5.98. The van der Waals surface area contributed by atoms with E-state index in [4.69, 9.17) is 31.4 Å². The van der Waals surface area contributed by atoms with E-state index in [-0.39, 0.29) is 19.8 Å². The van der Waals surface area contributed by atoms with Gasteiger partial charge in [0.05, 0.1) is 0 Å². The van der Waals surface area contributed by atoms with Gasteiger partial charge in [-0.3, -0.25) is 14.4 Å². The van der Waals surface area contributed by atoms with Crippen molar-refractivity contribution in [1.82, 2.24) is 16.0 Å². The molecule has 79 heavy (non-hydrogen) atoms. The number of carbonyl (C=O) groups excluding carboxylic acids is 6. The van der Waals surface area contributed by atoms with Crippen molar-refractivity contribution in [2.45, 2.75) is 102 Å². The third-order valence-corrected chi connectivity index (χ3v) is 12.8. The summed E-state index contributed by atoms with van der Waals surface area (Å²) in [5.41, 5.74) is 23.7. The van der Waals surface area contributed by atoms with Crippen LogP contribution in [0.15, 0.2) is 164 Å². The first-order valence-corrected chi connectivity index (χ1v) is 26.8. The summed E-state index contributed by atoms with van der Waals surface area (Å²) in [6.07, 6.45) is 2.68. The van der Waals surface area contributed by atoms with Gasteiger partial charge >= 0.3 is 18.3 Å². The van der Waals surface area contributed by atoms with E-state index in [0.29, 0.717) is 94.5 Å². The number of nitrogens with two attached hydrogens (primary N) is 3. The van der Waals surface area contributed by atoms with E-state index < -0.39 is 60.0 Å². The van der Waals surface area contributed by atoms with Gasteiger partial charge < -0.3 is 63.3 Å². The van der Waals surface area contributed by atoms with Gasteiger partial charge in [0.25, 0.3) is 0 Å². The first-order valence-electron chi connectivity index (χ1n) is 26.8. The molecule has 6 rings (SSSR count). The monoisotopic (exact) mass is 1080 g/mol. The molecule has 0 saturated carbocycles. The van der Waals surface area contributed by atoms with Crippen LogP contribution in [-0.4, -0.2) is 73.8 Å². The molecule has 6 aromatic carbocycles. The molecule has 0 heterocycles. The Morgan fingerprint density at radius 3 is 0.835 bits per heavy atom. The molecule has 18 heteroatoms. The second kappa shape index (κ2) is 32.9. The van der Waals surface area contributed by atoms with Crippen molar-refractivity contribution < 1.29 is 43.0 Å². The van der Waals surface area contributed by atoms with Crippen molar-refractivity contribution >= 4 is 53.1 Å². The van der Waals surface area contributed by atoms with Crippen molar-refractivity contribution in [2.24, 2.45) is 17.2 Å². The predicted octanol–water partition coefficient (Wildman–Crippen LogP) is 8.95. The molecule has 0 aliphatic heterocycles. The van der Waals surface area contributed by atoms with Crippen LogP contribution in [0.2, 0.25) is 0 Å². The number of hydrogen-bond donors (Lipinski definition) is 9. The van der Waals surface area contributed by atoms with Crippen molar-refractivity contribution in [1.29, 1.82) is 0 Å². The molecule has 0 aliphatic rings. The largest absolute Gasteiger partial charge is 0.445 e. The Bertz CT molecular complexity index is 2500. The van der Waals surface area contributed by atoms with Gasteiger partial charge in [-0.25, -0.2) is 14.4 Å². The van der Waals surface area contributed by atoms with Crippen LogP contribution >= 0.6 is 0 Å². The standard InChI is InChI=1S/C61H73N9O9/c62-37-13-10-22-52(68-59(74)77-40-43-16-4-1-5-17-43)56(71)65-49-31-25-46(26-32-49)55(47-27-33-50(34-28-47)66-57(72)53(23-11-14-38-63)69-60(75)78-41-44-18-6-2-7-19-44)48-29-35-51(36-30-48)67-58(73)54(24-12-15-39-64)70-61(76)79-42-45-20-8-3-9-21-45/h1-9,16-21,25-36,52-55H,10-15,22-24,37-42,62-64H2,(H,65,71)(H,66,72)(H,67,73)(H,68,74)(H,69,75)(H,70,76)/t52-,53-,54-/m1/s1. The Balaban J connectivity index is 1.20. The molecule has 18 nitrogen and oxygen atoms in total. The molecular formula is C61H73N9O9. The van der Waals surface area contributed by atoms with Gasteiger partial charge in [0.15, 0.2) is 0 Å². The maximum absolute atomic E-state index is 13.7. The molecule has 0 aliphatic carbocycles. The molecule has 12 N–H and O–H groups in total. The van der Waals surface area contributed by atoms with E-state index in [1.165, 1.54) is 0 Å². The summed E-state index contributed by atoms with van der Waals surface area (Å²) in [5.74, 6) is -1.67. The fraction of sp³-hybridized carbons (Fsp3) is 0.311. The Kier molecular flexibility index (Phi) is 24.8. The average Bonchev–Trinajstić information content (AvgIpc) is 3.47. The van der Waals surface area contributed by atoms with Gasteiger partial charge in [-0.1, -0.05) is 127 Å². The van der Waals surface area contributed by atoms with Gasteiger partial charge in [0, 0.05) is 23.0 Å². The fourth-order valence-electron chi connectivity index (χ4n) is 8.55. The fourth-order valence-corrected chi connectivity index (χ4v) is 8.55. The number of alkyl carbamates (subject to hydrolysis) is 3. The van der Waals surface area contributed by atoms with Crippen LogP contribution < -0.4 is 49.1 Å². The number of anilines is 3. The van der Waals surface area contributed by atoms with Crippen LogP contribution in [0.1, 0.15) is 97.1 Å². The smallest absolute Gasteiger partial charge is 0.408 e. The highest BCUT2D eigenvalue weighted by Crippen LogP contribution is 2.34. The zero-order chi connectivity index (χ0) is 56.0. The second-order valence-electron chi connectivity index (χ2n) is 18.9. The zero-order valence-electron chi connectivity index (χ0n) is 44.4. The molecule has 416 valence electrons. The summed E-state index contributed by atoms with van der Waals surface area (Å²) >= 11 is 0. The summed E-state index contributed by atoms with van der Waals surface area (Å²) in [6, 6.07) is 47.0. The lowest BCUT2D eigenvalue weighted by Gasteiger charge is -2.22. The van der Waals surface area contributed by atoms with Crippen LogP contribution in [0.4, 0.5) is 31.4 Å². The lowest BCUT2D eigenvalue weighted by Crippen LogP contribution is -2.44. The van der Waals surface area contributed by atoms with Crippen molar-refractivity contribution in [3.63, 3.8) is 0 Å². The molecule has 0 saturated heterocycles. The Morgan fingerprint density at radius 1 is 0.342 bits per heavy atom. The van der Waals surface area contributed by atoms with E-state index >= 15 is 0 Å². The summed E-state index contributed by atoms with van der Waals surface area (Å²) in [5, 5.41) is 17.0. The lowest BCUT2D eigenvalue weighted by atomic mass is 9.85. The van der Waals surface area contributed by atoms with Crippen LogP contribution in [0.25, 0.3) is 0 Å². The normalized spacial score (nSPS) is 12.0. The third-order valence-electron chi connectivity index (χ3n) is 12.8. The van der Waals surface area contributed by atoms with E-state index in [0.717, 1.165) is 33.4 Å². The Morgan fingerprint density at radius 2 is 0.595 bits per heavy atom. The van der Waals surface area contributed by atoms with E-state index in [1.807, 2.05) is 127 Å². The maximum Gasteiger partial charge on any atom is 0.408 e. The van der Waals surface area contributed by atoms with Crippen LogP contribution in [0.3, 0.4) is 0 Å². The van der Waals surface area contributed by atoms with E-state index in [2.05, 4.69) is 31.9 Å². The van der Waals surface area contributed by atoms with Gasteiger partial charge in [-0.2, -0.15) is 0 Å². The number of carbonyl (C=O) groups is 6. The first-order chi connectivity index (χ1) is 38.5. The van der Waals surface area contributed by atoms with Gasteiger partial charge in [0.1, 0.15) is 37.9 Å². The number of nitrogens with one attached hydrogen (secondary N) is 6.